The summed E-state index contributed by atoms with van der Waals surface area (Å²) in [6, 6.07) is 18.8. The minimum absolute atomic E-state index is 0.132. The van der Waals surface area contributed by atoms with Gasteiger partial charge >= 0.3 is 0 Å². The molecule has 4 aromatic rings. The van der Waals surface area contributed by atoms with E-state index < -0.39 is 0 Å². The second-order valence-electron chi connectivity index (χ2n) is 8.06. The lowest BCUT2D eigenvalue weighted by molar-refractivity contribution is 0.386. The van der Waals surface area contributed by atoms with Crippen molar-refractivity contribution < 1.29 is 4.74 Å². The lowest BCUT2D eigenvalue weighted by Gasteiger charge is -2.10. The van der Waals surface area contributed by atoms with Crippen molar-refractivity contribution in [3.8, 4) is 5.88 Å². The fourth-order valence-corrected chi connectivity index (χ4v) is 3.88. The number of nitrogens with zero attached hydrogens (tertiary/aromatic N) is 2. The van der Waals surface area contributed by atoms with Gasteiger partial charge in [0.2, 0.25) is 5.88 Å². The molecule has 0 aliphatic rings. The fraction of sp³-hybridized carbons (Fsp3) is 0.280. The van der Waals surface area contributed by atoms with Crippen molar-refractivity contribution in [3.63, 3.8) is 0 Å². The van der Waals surface area contributed by atoms with Crippen molar-refractivity contribution >= 4 is 10.9 Å². The van der Waals surface area contributed by atoms with Gasteiger partial charge in [0.05, 0.1) is 12.8 Å². The maximum Gasteiger partial charge on any atom is 0.270 e. The molecule has 0 fully saturated rings. The van der Waals surface area contributed by atoms with Gasteiger partial charge in [0, 0.05) is 30.1 Å². The van der Waals surface area contributed by atoms with Crippen LogP contribution in [0.4, 0.5) is 0 Å². The van der Waals surface area contributed by atoms with E-state index in [-0.39, 0.29) is 5.56 Å². The van der Waals surface area contributed by atoms with Gasteiger partial charge in [-0.25, -0.2) is 4.98 Å². The van der Waals surface area contributed by atoms with E-state index in [1.165, 1.54) is 16.5 Å². The number of ether oxygens (including phenoxy) is 1. The molecule has 0 atom stereocenters. The molecule has 0 spiro atoms. The normalized spacial score (nSPS) is 11.3. The van der Waals surface area contributed by atoms with Crippen molar-refractivity contribution in [3.05, 3.63) is 93.7 Å². The van der Waals surface area contributed by atoms with Crippen LogP contribution in [-0.4, -0.2) is 21.6 Å². The van der Waals surface area contributed by atoms with Crippen LogP contribution in [0.15, 0.2) is 65.6 Å². The summed E-state index contributed by atoms with van der Waals surface area (Å²) >= 11 is 0. The smallest absolute Gasteiger partial charge is 0.270 e. The molecule has 2 aromatic heterocycles. The summed E-state index contributed by atoms with van der Waals surface area (Å²) < 4.78 is 7.78. The second kappa shape index (κ2) is 8.57. The highest BCUT2D eigenvalue weighted by atomic mass is 16.5. The van der Waals surface area contributed by atoms with E-state index in [1.54, 1.807) is 7.11 Å². The predicted molar refractivity (Wildman–Crippen MR) is 120 cm³/mol. The summed E-state index contributed by atoms with van der Waals surface area (Å²) in [5.74, 6) is 0.843. The fourth-order valence-electron chi connectivity index (χ4n) is 3.88. The number of hydrogen-bond donors (Lipinski definition) is 1. The Morgan fingerprint density at radius 2 is 1.80 bits per heavy atom. The Morgan fingerprint density at radius 1 is 1.07 bits per heavy atom. The minimum atomic E-state index is -0.132. The van der Waals surface area contributed by atoms with E-state index in [9.17, 15) is 4.79 Å². The van der Waals surface area contributed by atoms with Crippen LogP contribution < -0.4 is 10.3 Å². The molecule has 4 rings (SSSR count). The summed E-state index contributed by atoms with van der Waals surface area (Å²) in [5, 5.41) is 1.17. The Labute approximate surface area is 176 Å². The van der Waals surface area contributed by atoms with Crippen LogP contribution in [0.1, 0.15) is 36.4 Å². The molecular weight excluding hydrogens is 374 g/mol. The Bertz CT molecular complexity index is 1210. The molecule has 154 valence electrons. The molecule has 0 saturated carbocycles. The molecule has 2 aromatic carbocycles. The lowest BCUT2D eigenvalue weighted by atomic mass is 10.1. The highest BCUT2D eigenvalue weighted by Crippen LogP contribution is 2.26. The molecule has 1 N–H and O–H groups in total. The molecule has 0 unspecified atom stereocenters. The summed E-state index contributed by atoms with van der Waals surface area (Å²) in [7, 11) is 1.60. The molecule has 2 heterocycles. The number of hydrogen-bond acceptors (Lipinski definition) is 3. The van der Waals surface area contributed by atoms with Crippen molar-refractivity contribution in [1.29, 1.82) is 0 Å². The van der Waals surface area contributed by atoms with Gasteiger partial charge in [0.1, 0.15) is 5.69 Å². The van der Waals surface area contributed by atoms with E-state index in [2.05, 4.69) is 77.0 Å². The van der Waals surface area contributed by atoms with E-state index >= 15 is 0 Å². The molecule has 0 saturated heterocycles. The number of fused-ring (bicyclic) bond motifs is 1. The molecule has 5 nitrogen and oxygen atoms in total. The number of methoxy groups -OCH3 is 1. The molecule has 0 aliphatic carbocycles. The van der Waals surface area contributed by atoms with Gasteiger partial charge in [-0.3, -0.25) is 4.79 Å². The Balaban J connectivity index is 1.72. The standard InChI is InChI=1S/C25H27N3O2/c1-17(2)13-21-24(29)26-22(25(27-21)30-3)14-19-16-28(15-18-9-5-4-6-10-18)23-12-8-7-11-20(19)23/h4-12,16-17H,13-15H2,1-3H3,(H,26,29). The molecule has 30 heavy (non-hydrogen) atoms. The van der Waals surface area contributed by atoms with Crippen LogP contribution in [0.3, 0.4) is 0 Å². The zero-order valence-corrected chi connectivity index (χ0v) is 17.7. The molecule has 0 aliphatic heterocycles. The molecule has 0 bridgehead atoms. The van der Waals surface area contributed by atoms with Crippen molar-refractivity contribution in [2.24, 2.45) is 5.92 Å². The zero-order chi connectivity index (χ0) is 21.1. The summed E-state index contributed by atoms with van der Waals surface area (Å²) in [4.78, 5) is 20.1. The SMILES string of the molecule is COc1nc(CC(C)C)c(=O)[nH]c1Cc1cn(Cc2ccccc2)c2ccccc12. The van der Waals surface area contributed by atoms with Crippen LogP contribution in [-0.2, 0) is 19.4 Å². The average molecular weight is 402 g/mol. The zero-order valence-electron chi connectivity index (χ0n) is 17.7. The second-order valence-corrected chi connectivity index (χ2v) is 8.06. The van der Waals surface area contributed by atoms with Crippen LogP contribution in [0, 0.1) is 5.92 Å². The third kappa shape index (κ3) is 4.15. The number of H-pyrrole nitrogens is 1. The molecular formula is C25H27N3O2. The predicted octanol–water partition coefficient (Wildman–Crippen LogP) is 4.57. The highest BCUT2D eigenvalue weighted by Gasteiger charge is 2.16. The topological polar surface area (TPSA) is 59.9 Å². The summed E-state index contributed by atoms with van der Waals surface area (Å²) in [6.45, 7) is 4.94. The maximum absolute atomic E-state index is 12.6. The maximum atomic E-state index is 12.6. The lowest BCUT2D eigenvalue weighted by Crippen LogP contribution is -2.20. The van der Waals surface area contributed by atoms with Crippen LogP contribution in [0.2, 0.25) is 0 Å². The number of aromatic amines is 1. The van der Waals surface area contributed by atoms with Gasteiger partial charge in [-0.05, 0) is 29.5 Å². The molecule has 5 heteroatoms. The first-order chi connectivity index (χ1) is 14.5. The average Bonchev–Trinajstić information content (AvgIpc) is 3.08. The quantitative estimate of drug-likeness (QED) is 0.493. The number of benzene rings is 2. The van der Waals surface area contributed by atoms with E-state index in [1.807, 2.05) is 12.1 Å². The highest BCUT2D eigenvalue weighted by molar-refractivity contribution is 5.84. The van der Waals surface area contributed by atoms with E-state index in [0.29, 0.717) is 36.0 Å². The number of rotatable bonds is 7. The monoisotopic (exact) mass is 401 g/mol. The number of aromatic nitrogens is 3. The van der Waals surface area contributed by atoms with Gasteiger partial charge in [-0.1, -0.05) is 62.4 Å². The molecule has 0 amide bonds. The third-order valence-electron chi connectivity index (χ3n) is 5.25. The van der Waals surface area contributed by atoms with Crippen molar-refractivity contribution in [2.75, 3.05) is 7.11 Å². The number of nitrogens with one attached hydrogen (secondary N) is 1. The minimum Gasteiger partial charge on any atom is -0.480 e. The van der Waals surface area contributed by atoms with Gasteiger partial charge in [0.15, 0.2) is 0 Å². The van der Waals surface area contributed by atoms with Crippen LogP contribution in [0.5, 0.6) is 5.88 Å². The van der Waals surface area contributed by atoms with Crippen molar-refractivity contribution in [2.45, 2.75) is 33.2 Å². The van der Waals surface area contributed by atoms with Crippen LogP contribution >= 0.6 is 0 Å². The third-order valence-corrected chi connectivity index (χ3v) is 5.25. The Morgan fingerprint density at radius 3 is 2.53 bits per heavy atom. The largest absolute Gasteiger partial charge is 0.480 e. The first-order valence-electron chi connectivity index (χ1n) is 10.3. The van der Waals surface area contributed by atoms with Crippen LogP contribution in [0.25, 0.3) is 10.9 Å². The van der Waals surface area contributed by atoms with E-state index in [0.717, 1.165) is 12.1 Å². The molecule has 0 radical (unpaired) electrons. The first-order valence-corrected chi connectivity index (χ1v) is 10.3. The van der Waals surface area contributed by atoms with Crippen molar-refractivity contribution in [1.82, 2.24) is 14.5 Å². The number of para-hydroxylation sites is 1. The summed E-state index contributed by atoms with van der Waals surface area (Å²) in [6.07, 6.45) is 3.34. The van der Waals surface area contributed by atoms with Gasteiger partial charge < -0.3 is 14.3 Å². The summed E-state index contributed by atoms with van der Waals surface area (Å²) in [5.41, 5.74) is 4.65. The van der Waals surface area contributed by atoms with Gasteiger partial charge in [0.25, 0.3) is 5.56 Å². The first kappa shape index (κ1) is 20.0. The van der Waals surface area contributed by atoms with Gasteiger partial charge in [-0.2, -0.15) is 0 Å². The Kier molecular flexibility index (Phi) is 5.70. The van der Waals surface area contributed by atoms with Gasteiger partial charge in [-0.15, -0.1) is 0 Å². The Hall–Kier alpha value is -3.34. The van der Waals surface area contributed by atoms with E-state index in [4.69, 9.17) is 4.74 Å².